The molecule has 1 aliphatic heterocycles. The Kier molecular flexibility index (Phi) is 3.28. The van der Waals surface area contributed by atoms with Crippen LogP contribution in [0.4, 0.5) is 0 Å². The van der Waals surface area contributed by atoms with Crippen LogP contribution in [-0.2, 0) is 28.6 Å². The summed E-state index contributed by atoms with van der Waals surface area (Å²) in [5.41, 5.74) is -1.37. The maximum absolute atomic E-state index is 12.0. The van der Waals surface area contributed by atoms with Crippen molar-refractivity contribution in [3.63, 3.8) is 0 Å². The van der Waals surface area contributed by atoms with Crippen LogP contribution in [0.15, 0.2) is 0 Å². The molecule has 18 heavy (non-hydrogen) atoms. The van der Waals surface area contributed by atoms with E-state index >= 15 is 0 Å². The SMILES string of the molecule is CCOC(=O)C1(C(=O)OCC)C[C@@H]2OC(=O)[C@@H]2C1. The molecule has 6 nitrogen and oxygen atoms in total. The van der Waals surface area contributed by atoms with E-state index in [2.05, 4.69) is 0 Å². The van der Waals surface area contributed by atoms with Crippen molar-refractivity contribution in [3.8, 4) is 0 Å². The van der Waals surface area contributed by atoms with Crippen LogP contribution >= 0.6 is 0 Å². The van der Waals surface area contributed by atoms with Gasteiger partial charge in [-0.3, -0.25) is 14.4 Å². The second-order valence-electron chi connectivity index (χ2n) is 4.51. The first-order chi connectivity index (χ1) is 8.55. The van der Waals surface area contributed by atoms with E-state index in [0.29, 0.717) is 0 Å². The molecular weight excluding hydrogens is 240 g/mol. The molecule has 2 rings (SSSR count). The van der Waals surface area contributed by atoms with Crippen LogP contribution in [0.25, 0.3) is 0 Å². The molecule has 0 spiro atoms. The van der Waals surface area contributed by atoms with Crippen LogP contribution in [0.5, 0.6) is 0 Å². The minimum Gasteiger partial charge on any atom is -0.465 e. The van der Waals surface area contributed by atoms with Crippen LogP contribution in [0.2, 0.25) is 0 Å². The van der Waals surface area contributed by atoms with Crippen LogP contribution in [-0.4, -0.2) is 37.2 Å². The molecule has 0 aromatic carbocycles. The molecule has 0 aromatic heterocycles. The largest absolute Gasteiger partial charge is 0.465 e. The zero-order valence-electron chi connectivity index (χ0n) is 10.4. The molecule has 1 heterocycles. The van der Waals surface area contributed by atoms with E-state index in [-0.39, 0.29) is 44.0 Å². The van der Waals surface area contributed by atoms with Crippen LogP contribution in [0.3, 0.4) is 0 Å². The predicted molar refractivity (Wildman–Crippen MR) is 58.3 cm³/mol. The van der Waals surface area contributed by atoms with E-state index in [1.165, 1.54) is 0 Å². The Morgan fingerprint density at radius 3 is 2.17 bits per heavy atom. The van der Waals surface area contributed by atoms with Crippen molar-refractivity contribution in [2.24, 2.45) is 11.3 Å². The molecule has 1 saturated carbocycles. The number of fused-ring (bicyclic) bond motifs is 1. The van der Waals surface area contributed by atoms with E-state index in [1.54, 1.807) is 13.8 Å². The average molecular weight is 256 g/mol. The Hall–Kier alpha value is -1.59. The van der Waals surface area contributed by atoms with E-state index in [4.69, 9.17) is 14.2 Å². The summed E-state index contributed by atoms with van der Waals surface area (Å²) < 4.78 is 14.8. The Labute approximate surface area is 105 Å². The average Bonchev–Trinajstić information content (AvgIpc) is 2.64. The third-order valence-electron chi connectivity index (χ3n) is 3.47. The molecule has 1 saturated heterocycles. The fourth-order valence-corrected chi connectivity index (χ4v) is 2.55. The summed E-state index contributed by atoms with van der Waals surface area (Å²) >= 11 is 0. The summed E-state index contributed by atoms with van der Waals surface area (Å²) in [6, 6.07) is 0. The first-order valence-electron chi connectivity index (χ1n) is 6.10. The molecule has 0 radical (unpaired) electrons. The lowest BCUT2D eigenvalue weighted by atomic mass is 9.85. The Morgan fingerprint density at radius 2 is 1.78 bits per heavy atom. The lowest BCUT2D eigenvalue weighted by molar-refractivity contribution is -0.180. The van der Waals surface area contributed by atoms with Gasteiger partial charge >= 0.3 is 17.9 Å². The maximum atomic E-state index is 12.0. The molecule has 6 heteroatoms. The lowest BCUT2D eigenvalue weighted by Gasteiger charge is -2.28. The first-order valence-corrected chi connectivity index (χ1v) is 6.10. The number of esters is 3. The van der Waals surface area contributed by atoms with Gasteiger partial charge in [0.25, 0.3) is 0 Å². The number of ether oxygens (including phenoxy) is 3. The quantitative estimate of drug-likeness (QED) is 0.412. The predicted octanol–water partition coefficient (Wildman–Crippen LogP) is 0.434. The number of rotatable bonds is 4. The molecule has 0 amide bonds. The van der Waals surface area contributed by atoms with E-state index in [1.807, 2.05) is 0 Å². The fourth-order valence-electron chi connectivity index (χ4n) is 2.55. The summed E-state index contributed by atoms with van der Waals surface area (Å²) in [7, 11) is 0. The van der Waals surface area contributed by atoms with Gasteiger partial charge in [0.1, 0.15) is 6.10 Å². The van der Waals surface area contributed by atoms with Crippen LogP contribution < -0.4 is 0 Å². The molecule has 0 aromatic rings. The van der Waals surface area contributed by atoms with Gasteiger partial charge in [0, 0.05) is 6.42 Å². The van der Waals surface area contributed by atoms with Crippen molar-refractivity contribution in [3.05, 3.63) is 0 Å². The molecule has 100 valence electrons. The highest BCUT2D eigenvalue weighted by atomic mass is 16.6. The smallest absolute Gasteiger partial charge is 0.323 e. The van der Waals surface area contributed by atoms with Gasteiger partial charge in [-0.15, -0.1) is 0 Å². The van der Waals surface area contributed by atoms with Gasteiger partial charge < -0.3 is 14.2 Å². The number of hydrogen-bond acceptors (Lipinski definition) is 6. The van der Waals surface area contributed by atoms with Crippen molar-refractivity contribution in [1.29, 1.82) is 0 Å². The second kappa shape index (κ2) is 4.59. The standard InChI is InChI=1S/C12H16O6/c1-3-16-10(14)12(11(15)17-4-2)5-7-8(6-12)18-9(7)13/h7-8H,3-6H2,1-2H3/t7-,8+/m1/s1. The summed E-state index contributed by atoms with van der Waals surface area (Å²) in [4.78, 5) is 35.3. The van der Waals surface area contributed by atoms with Gasteiger partial charge in [0.2, 0.25) is 0 Å². The number of carbonyl (C=O) groups excluding carboxylic acids is 3. The van der Waals surface area contributed by atoms with E-state index in [0.717, 1.165) is 0 Å². The zero-order valence-corrected chi connectivity index (χ0v) is 10.4. The van der Waals surface area contributed by atoms with E-state index in [9.17, 15) is 14.4 Å². The van der Waals surface area contributed by atoms with Crippen molar-refractivity contribution >= 4 is 17.9 Å². The Balaban J connectivity index is 2.21. The van der Waals surface area contributed by atoms with Crippen LogP contribution in [0, 0.1) is 11.3 Å². The lowest BCUT2D eigenvalue weighted by Crippen LogP contribution is -2.40. The van der Waals surface area contributed by atoms with Crippen molar-refractivity contribution in [2.45, 2.75) is 32.8 Å². The molecule has 2 aliphatic rings. The van der Waals surface area contributed by atoms with E-state index < -0.39 is 17.4 Å². The number of carbonyl (C=O) groups is 3. The highest BCUT2D eigenvalue weighted by Crippen LogP contribution is 2.50. The summed E-state index contributed by atoms with van der Waals surface area (Å²) in [5.74, 6) is -1.96. The molecule has 1 aliphatic carbocycles. The minimum absolute atomic E-state index is 0.133. The molecule has 2 atom stereocenters. The Morgan fingerprint density at radius 1 is 1.22 bits per heavy atom. The fraction of sp³-hybridized carbons (Fsp3) is 0.750. The maximum Gasteiger partial charge on any atom is 0.323 e. The van der Waals surface area contributed by atoms with Crippen molar-refractivity contribution < 1.29 is 28.6 Å². The molecular formula is C12H16O6. The second-order valence-corrected chi connectivity index (χ2v) is 4.51. The topological polar surface area (TPSA) is 78.9 Å². The number of hydrogen-bond donors (Lipinski definition) is 0. The third kappa shape index (κ3) is 1.76. The highest BCUT2D eigenvalue weighted by molar-refractivity contribution is 6.02. The highest BCUT2D eigenvalue weighted by Gasteiger charge is 2.64. The summed E-state index contributed by atoms with van der Waals surface area (Å²) in [6.45, 7) is 3.71. The van der Waals surface area contributed by atoms with Gasteiger partial charge in [0.15, 0.2) is 5.41 Å². The van der Waals surface area contributed by atoms with Gasteiger partial charge in [-0.05, 0) is 20.3 Å². The molecule has 0 N–H and O–H groups in total. The van der Waals surface area contributed by atoms with Crippen molar-refractivity contribution in [2.75, 3.05) is 13.2 Å². The summed E-state index contributed by atoms with van der Waals surface area (Å²) in [6.07, 6.45) is -0.0544. The molecule has 2 fully saturated rings. The minimum atomic E-state index is -1.37. The first kappa shape index (κ1) is 12.9. The monoisotopic (exact) mass is 256 g/mol. The van der Waals surface area contributed by atoms with Gasteiger partial charge in [-0.25, -0.2) is 0 Å². The third-order valence-corrected chi connectivity index (χ3v) is 3.47. The van der Waals surface area contributed by atoms with Gasteiger partial charge in [-0.2, -0.15) is 0 Å². The molecule has 0 bridgehead atoms. The van der Waals surface area contributed by atoms with Gasteiger partial charge in [0.05, 0.1) is 19.1 Å². The van der Waals surface area contributed by atoms with Gasteiger partial charge in [-0.1, -0.05) is 0 Å². The normalized spacial score (nSPS) is 27.8. The zero-order chi connectivity index (χ0) is 13.3. The van der Waals surface area contributed by atoms with Crippen LogP contribution in [0.1, 0.15) is 26.7 Å². The Bertz CT molecular complexity index is 370. The van der Waals surface area contributed by atoms with Crippen molar-refractivity contribution in [1.82, 2.24) is 0 Å². The summed E-state index contributed by atoms with van der Waals surface area (Å²) in [5, 5.41) is 0. The molecule has 0 unspecified atom stereocenters.